The maximum absolute atomic E-state index is 12.8. The van der Waals surface area contributed by atoms with Crippen molar-refractivity contribution in [2.45, 2.75) is 40.0 Å². The Balaban J connectivity index is 3.18. The highest BCUT2D eigenvalue weighted by Gasteiger charge is 2.38. The highest BCUT2D eigenvalue weighted by Crippen LogP contribution is 2.40. The van der Waals surface area contributed by atoms with Crippen LogP contribution in [0.15, 0.2) is 18.5 Å². The van der Waals surface area contributed by atoms with E-state index in [4.69, 9.17) is 0 Å². The third-order valence-electron chi connectivity index (χ3n) is 3.32. The summed E-state index contributed by atoms with van der Waals surface area (Å²) >= 11 is 0. The van der Waals surface area contributed by atoms with Gasteiger partial charge in [0, 0.05) is 18.0 Å². The van der Waals surface area contributed by atoms with Crippen LogP contribution in [0.1, 0.15) is 44.9 Å². The molecule has 0 aliphatic carbocycles. The molecule has 1 N–H and O–H groups in total. The van der Waals surface area contributed by atoms with Gasteiger partial charge in [-0.15, -0.1) is 0 Å². The van der Waals surface area contributed by atoms with E-state index in [0.29, 0.717) is 0 Å². The molecule has 0 aliphatic heterocycles. The van der Waals surface area contributed by atoms with Crippen molar-refractivity contribution >= 4 is 0 Å². The molecular weight excluding hydrogens is 243 g/mol. The molecule has 0 aliphatic rings. The zero-order chi connectivity index (χ0) is 14.1. The third-order valence-corrected chi connectivity index (χ3v) is 3.32. The van der Waals surface area contributed by atoms with Gasteiger partial charge < -0.3 is 5.11 Å². The van der Waals surface area contributed by atoms with Gasteiger partial charge in [0.05, 0.1) is 11.7 Å². The average Bonchev–Trinajstić information content (AvgIpc) is 2.24. The van der Waals surface area contributed by atoms with E-state index >= 15 is 0 Å². The first kappa shape index (κ1) is 15.0. The molecule has 0 amide bonds. The number of pyridine rings is 1. The van der Waals surface area contributed by atoms with Crippen LogP contribution in [0.4, 0.5) is 13.2 Å². The Morgan fingerprint density at radius 3 is 2.22 bits per heavy atom. The zero-order valence-corrected chi connectivity index (χ0v) is 10.9. The van der Waals surface area contributed by atoms with Crippen molar-refractivity contribution in [2.24, 2.45) is 11.3 Å². The van der Waals surface area contributed by atoms with Crippen molar-refractivity contribution in [3.8, 4) is 0 Å². The highest BCUT2D eigenvalue weighted by atomic mass is 19.4. The first-order chi connectivity index (χ1) is 8.05. The predicted molar refractivity (Wildman–Crippen MR) is 62.8 cm³/mol. The second-order valence-corrected chi connectivity index (χ2v) is 5.56. The van der Waals surface area contributed by atoms with Crippen LogP contribution in [-0.2, 0) is 6.18 Å². The summed E-state index contributed by atoms with van der Waals surface area (Å²) in [6, 6.07) is 0.897. The Morgan fingerprint density at radius 1 is 1.22 bits per heavy atom. The minimum Gasteiger partial charge on any atom is -0.388 e. The van der Waals surface area contributed by atoms with E-state index in [2.05, 4.69) is 4.98 Å². The number of aliphatic hydroxyl groups excluding tert-OH is 1. The molecular formula is C13H18F3NO. The van der Waals surface area contributed by atoms with E-state index < -0.39 is 17.8 Å². The normalized spacial score (nSPS) is 16.4. The Kier molecular flexibility index (Phi) is 4.05. The van der Waals surface area contributed by atoms with E-state index in [9.17, 15) is 18.3 Å². The fraction of sp³-hybridized carbons (Fsp3) is 0.615. The smallest absolute Gasteiger partial charge is 0.388 e. The molecule has 2 unspecified atom stereocenters. The topological polar surface area (TPSA) is 33.1 Å². The molecule has 0 fully saturated rings. The zero-order valence-electron chi connectivity index (χ0n) is 10.9. The van der Waals surface area contributed by atoms with E-state index in [-0.39, 0.29) is 16.9 Å². The third kappa shape index (κ3) is 3.22. The lowest BCUT2D eigenvalue weighted by Gasteiger charge is -2.32. The van der Waals surface area contributed by atoms with Gasteiger partial charge in [-0.25, -0.2) is 0 Å². The lowest BCUT2D eigenvalue weighted by Crippen LogP contribution is -2.26. The van der Waals surface area contributed by atoms with E-state index in [1.165, 1.54) is 0 Å². The molecule has 0 bridgehead atoms. The second kappa shape index (κ2) is 4.88. The van der Waals surface area contributed by atoms with Crippen LogP contribution in [0.3, 0.4) is 0 Å². The summed E-state index contributed by atoms with van der Waals surface area (Å²) in [5, 5.41) is 10.1. The molecule has 102 valence electrons. The first-order valence-corrected chi connectivity index (χ1v) is 5.74. The van der Waals surface area contributed by atoms with Crippen LogP contribution in [-0.4, -0.2) is 10.1 Å². The van der Waals surface area contributed by atoms with Gasteiger partial charge in [0.15, 0.2) is 0 Å². The Morgan fingerprint density at radius 2 is 1.78 bits per heavy atom. The molecule has 1 rings (SSSR count). The molecule has 1 aromatic heterocycles. The molecule has 18 heavy (non-hydrogen) atoms. The Bertz CT molecular complexity index is 409. The van der Waals surface area contributed by atoms with Gasteiger partial charge in [0.25, 0.3) is 0 Å². The molecule has 2 nitrogen and oxygen atoms in total. The van der Waals surface area contributed by atoms with Crippen LogP contribution in [0.2, 0.25) is 0 Å². The van der Waals surface area contributed by atoms with Gasteiger partial charge >= 0.3 is 6.18 Å². The van der Waals surface area contributed by atoms with E-state index in [1.54, 1.807) is 6.92 Å². The van der Waals surface area contributed by atoms with E-state index in [0.717, 1.165) is 18.5 Å². The van der Waals surface area contributed by atoms with Gasteiger partial charge in [-0.1, -0.05) is 27.7 Å². The Labute approximate surface area is 105 Å². The quantitative estimate of drug-likeness (QED) is 0.878. The maximum atomic E-state index is 12.8. The van der Waals surface area contributed by atoms with Crippen molar-refractivity contribution in [3.05, 3.63) is 29.6 Å². The van der Waals surface area contributed by atoms with Gasteiger partial charge in [-0.2, -0.15) is 13.2 Å². The summed E-state index contributed by atoms with van der Waals surface area (Å²) in [5.41, 5.74) is -1.27. The van der Waals surface area contributed by atoms with E-state index in [1.807, 2.05) is 20.8 Å². The summed E-state index contributed by atoms with van der Waals surface area (Å²) < 4.78 is 38.5. The van der Waals surface area contributed by atoms with Gasteiger partial charge in [0.1, 0.15) is 0 Å². The van der Waals surface area contributed by atoms with Crippen molar-refractivity contribution in [3.63, 3.8) is 0 Å². The minimum absolute atomic E-state index is 0.160. The molecule has 0 radical (unpaired) electrons. The molecule has 1 heterocycles. The van der Waals surface area contributed by atoms with Crippen LogP contribution in [0.5, 0.6) is 0 Å². The summed E-state index contributed by atoms with van der Waals surface area (Å²) in [6.45, 7) is 7.37. The van der Waals surface area contributed by atoms with Crippen LogP contribution in [0.25, 0.3) is 0 Å². The van der Waals surface area contributed by atoms with Crippen molar-refractivity contribution in [1.82, 2.24) is 4.98 Å². The van der Waals surface area contributed by atoms with Crippen LogP contribution < -0.4 is 0 Å². The van der Waals surface area contributed by atoms with Gasteiger partial charge in [-0.05, 0) is 17.4 Å². The first-order valence-electron chi connectivity index (χ1n) is 5.74. The lowest BCUT2D eigenvalue weighted by molar-refractivity contribution is -0.139. The second-order valence-electron chi connectivity index (χ2n) is 5.56. The maximum Gasteiger partial charge on any atom is 0.416 e. The molecule has 0 saturated heterocycles. The summed E-state index contributed by atoms with van der Waals surface area (Å²) in [7, 11) is 0. The highest BCUT2D eigenvalue weighted by molar-refractivity contribution is 5.28. The average molecular weight is 261 g/mol. The number of alkyl halides is 3. The summed E-state index contributed by atoms with van der Waals surface area (Å²) in [6.07, 6.45) is -3.48. The number of hydrogen-bond acceptors (Lipinski definition) is 2. The van der Waals surface area contributed by atoms with Crippen LogP contribution >= 0.6 is 0 Å². The van der Waals surface area contributed by atoms with Crippen molar-refractivity contribution < 1.29 is 18.3 Å². The Hall–Kier alpha value is -1.10. The van der Waals surface area contributed by atoms with Crippen molar-refractivity contribution in [2.75, 3.05) is 0 Å². The summed E-state index contributed by atoms with van der Waals surface area (Å²) in [4.78, 5) is 3.68. The van der Waals surface area contributed by atoms with Crippen molar-refractivity contribution in [1.29, 1.82) is 0 Å². The number of halogens is 3. The molecule has 5 heteroatoms. The number of aliphatic hydroxyl groups is 1. The number of aromatic nitrogens is 1. The molecule has 0 spiro atoms. The predicted octanol–water partition coefficient (Wildman–Crippen LogP) is 3.82. The molecule has 0 saturated carbocycles. The van der Waals surface area contributed by atoms with Gasteiger partial charge in [0.2, 0.25) is 0 Å². The summed E-state index contributed by atoms with van der Waals surface area (Å²) in [5.74, 6) is -0.317. The monoisotopic (exact) mass is 261 g/mol. The number of rotatable bonds is 2. The fourth-order valence-electron chi connectivity index (χ4n) is 1.64. The lowest BCUT2D eigenvalue weighted by atomic mass is 9.76. The molecule has 0 aromatic carbocycles. The SMILES string of the molecule is CC(C(O)c1cnccc1C(F)(F)F)C(C)(C)C. The number of nitrogens with zero attached hydrogens (tertiary/aromatic N) is 1. The largest absolute Gasteiger partial charge is 0.416 e. The molecule has 2 atom stereocenters. The minimum atomic E-state index is -4.48. The fourth-order valence-corrected chi connectivity index (χ4v) is 1.64. The van der Waals surface area contributed by atoms with Gasteiger partial charge in [-0.3, -0.25) is 4.98 Å². The number of hydrogen-bond donors (Lipinski definition) is 1. The standard InChI is InChI=1S/C13H18F3NO/c1-8(12(2,3)4)11(18)9-7-17-6-5-10(9)13(14,15)16/h5-8,11,18H,1-4H3. The molecule has 1 aromatic rings. The van der Waals surface area contributed by atoms with Crippen LogP contribution in [0, 0.1) is 11.3 Å².